The van der Waals surface area contributed by atoms with Gasteiger partial charge in [0.1, 0.15) is 0 Å². The van der Waals surface area contributed by atoms with Crippen LogP contribution in [-0.2, 0) is 4.74 Å². The van der Waals surface area contributed by atoms with Gasteiger partial charge in [0.05, 0.1) is 5.60 Å². The van der Waals surface area contributed by atoms with Gasteiger partial charge in [0, 0.05) is 24.9 Å². The molecule has 2 N–H and O–H groups in total. The van der Waals surface area contributed by atoms with E-state index in [1.165, 1.54) is 37.9 Å². The summed E-state index contributed by atoms with van der Waals surface area (Å²) in [6, 6.07) is 0.297. The van der Waals surface area contributed by atoms with Crippen molar-refractivity contribution in [3.05, 3.63) is 0 Å². The molecule has 0 aromatic rings. The van der Waals surface area contributed by atoms with E-state index in [9.17, 15) is 4.79 Å². The van der Waals surface area contributed by atoms with E-state index in [-0.39, 0.29) is 17.7 Å². The third-order valence-corrected chi connectivity index (χ3v) is 6.68. The van der Waals surface area contributed by atoms with Crippen molar-refractivity contribution < 1.29 is 9.53 Å². The Morgan fingerprint density at radius 3 is 2.86 bits per heavy atom. The molecule has 2 heterocycles. The van der Waals surface area contributed by atoms with Crippen molar-refractivity contribution in [1.29, 1.82) is 0 Å². The molecule has 126 valence electrons. The Hall–Kier alpha value is -0.420. The molecule has 2 atom stereocenters. The van der Waals surface area contributed by atoms with Gasteiger partial charge >= 0.3 is 6.03 Å². The maximum Gasteiger partial charge on any atom is 0.315 e. The van der Waals surface area contributed by atoms with Crippen LogP contribution in [0.1, 0.15) is 57.8 Å². The molecule has 2 aliphatic heterocycles. The van der Waals surface area contributed by atoms with E-state index in [2.05, 4.69) is 10.6 Å². The largest absolute Gasteiger partial charge is 0.374 e. The van der Waals surface area contributed by atoms with Crippen LogP contribution in [0, 0.1) is 5.92 Å². The monoisotopic (exact) mass is 326 g/mol. The number of nitrogens with one attached hydrogen (secondary N) is 2. The minimum absolute atomic E-state index is 0.0171. The number of rotatable bonds is 4. The second-order valence-corrected chi connectivity index (χ2v) is 8.32. The van der Waals surface area contributed by atoms with Gasteiger partial charge in [-0.1, -0.05) is 32.1 Å². The lowest BCUT2D eigenvalue weighted by Crippen LogP contribution is -2.51. The summed E-state index contributed by atoms with van der Waals surface area (Å²) in [5.41, 5.74) is 0.0446. The van der Waals surface area contributed by atoms with Crippen molar-refractivity contribution in [3.8, 4) is 0 Å². The van der Waals surface area contributed by atoms with Gasteiger partial charge in [-0.2, -0.15) is 11.8 Å². The van der Waals surface area contributed by atoms with Crippen LogP contribution in [0.4, 0.5) is 4.79 Å². The first-order valence-electron chi connectivity index (χ1n) is 9.02. The Morgan fingerprint density at radius 1 is 1.23 bits per heavy atom. The molecule has 1 spiro atoms. The topological polar surface area (TPSA) is 50.4 Å². The number of carbonyl (C=O) groups excluding carboxylic acids is 1. The second-order valence-electron chi connectivity index (χ2n) is 7.22. The summed E-state index contributed by atoms with van der Waals surface area (Å²) in [5.74, 6) is 3.12. The molecule has 1 aliphatic carbocycles. The molecule has 5 heteroatoms. The Labute approximate surface area is 138 Å². The number of urea groups is 1. The fraction of sp³-hybridized carbons (Fsp3) is 0.941. The number of hydrogen-bond donors (Lipinski definition) is 2. The smallest absolute Gasteiger partial charge is 0.315 e. The molecule has 0 unspecified atom stereocenters. The third-order valence-electron chi connectivity index (χ3n) is 5.46. The standard InChI is InChI=1S/C17H30N2O2S/c20-16(18-9-6-14-4-2-1-3-5-14)19-15-7-10-21-17(12-15)8-11-22-13-17/h14-15H,1-13H2,(H2,18,19,20)/t15-,17-/m1/s1. The Bertz CT molecular complexity index is 366. The van der Waals surface area contributed by atoms with Gasteiger partial charge in [0.25, 0.3) is 0 Å². The highest BCUT2D eigenvalue weighted by Gasteiger charge is 2.40. The van der Waals surface area contributed by atoms with Gasteiger partial charge in [-0.05, 0) is 37.4 Å². The first-order valence-corrected chi connectivity index (χ1v) is 10.2. The molecule has 1 saturated carbocycles. The van der Waals surface area contributed by atoms with Crippen molar-refractivity contribution >= 4 is 17.8 Å². The lowest BCUT2D eigenvalue weighted by atomic mass is 9.87. The quantitative estimate of drug-likeness (QED) is 0.833. The molecule has 3 fully saturated rings. The van der Waals surface area contributed by atoms with E-state index < -0.39 is 0 Å². The van der Waals surface area contributed by atoms with Crippen LogP contribution in [0.5, 0.6) is 0 Å². The molecule has 4 nitrogen and oxygen atoms in total. The zero-order valence-electron chi connectivity index (χ0n) is 13.6. The van der Waals surface area contributed by atoms with Crippen molar-refractivity contribution in [2.24, 2.45) is 5.92 Å². The number of ether oxygens (including phenoxy) is 1. The minimum Gasteiger partial charge on any atom is -0.374 e. The van der Waals surface area contributed by atoms with Crippen LogP contribution in [-0.4, -0.2) is 42.3 Å². The molecule has 3 aliphatic rings. The molecule has 22 heavy (non-hydrogen) atoms. The highest BCUT2D eigenvalue weighted by Crippen LogP contribution is 2.38. The maximum absolute atomic E-state index is 12.1. The maximum atomic E-state index is 12.1. The van der Waals surface area contributed by atoms with Crippen LogP contribution >= 0.6 is 11.8 Å². The van der Waals surface area contributed by atoms with Gasteiger partial charge in [0.15, 0.2) is 0 Å². The summed E-state index contributed by atoms with van der Waals surface area (Å²) in [4.78, 5) is 12.1. The van der Waals surface area contributed by atoms with Crippen molar-refractivity contribution in [1.82, 2.24) is 10.6 Å². The SMILES string of the molecule is O=C(NCCC1CCCCC1)N[C@@H]1CCO[C@]2(CCSC2)C1. The first kappa shape index (κ1) is 16.4. The van der Waals surface area contributed by atoms with Crippen LogP contribution in [0.15, 0.2) is 0 Å². The number of carbonyl (C=O) groups is 1. The fourth-order valence-corrected chi connectivity index (χ4v) is 5.49. The average molecular weight is 327 g/mol. The molecular weight excluding hydrogens is 296 g/mol. The summed E-state index contributed by atoms with van der Waals surface area (Å²) >= 11 is 1.98. The molecule has 0 bridgehead atoms. The summed E-state index contributed by atoms with van der Waals surface area (Å²) in [6.07, 6.45) is 11.1. The molecular formula is C17H30N2O2S. The average Bonchev–Trinajstić information content (AvgIpc) is 2.96. The van der Waals surface area contributed by atoms with Gasteiger partial charge < -0.3 is 15.4 Å². The Balaban J connectivity index is 1.34. The fourth-order valence-electron chi connectivity index (χ4n) is 4.12. The van der Waals surface area contributed by atoms with Crippen molar-refractivity contribution in [3.63, 3.8) is 0 Å². The number of hydrogen-bond acceptors (Lipinski definition) is 3. The highest BCUT2D eigenvalue weighted by molar-refractivity contribution is 7.99. The van der Waals surface area contributed by atoms with Gasteiger partial charge in [-0.15, -0.1) is 0 Å². The third kappa shape index (κ3) is 4.54. The van der Waals surface area contributed by atoms with Gasteiger partial charge in [0.2, 0.25) is 0 Å². The van der Waals surface area contributed by atoms with Crippen molar-refractivity contribution in [2.75, 3.05) is 24.7 Å². The van der Waals surface area contributed by atoms with E-state index >= 15 is 0 Å². The van der Waals surface area contributed by atoms with Crippen LogP contribution < -0.4 is 10.6 Å². The predicted molar refractivity (Wildman–Crippen MR) is 91.4 cm³/mol. The van der Waals surface area contributed by atoms with Crippen LogP contribution in [0.25, 0.3) is 0 Å². The van der Waals surface area contributed by atoms with Gasteiger partial charge in [-0.25, -0.2) is 4.79 Å². The summed E-state index contributed by atoms with van der Waals surface area (Å²) in [5, 5.41) is 6.23. The van der Waals surface area contributed by atoms with E-state index in [4.69, 9.17) is 4.74 Å². The van der Waals surface area contributed by atoms with E-state index in [0.717, 1.165) is 50.5 Å². The van der Waals surface area contributed by atoms with Crippen LogP contribution in [0.3, 0.4) is 0 Å². The summed E-state index contributed by atoms with van der Waals surface area (Å²) in [6.45, 7) is 1.61. The minimum atomic E-state index is 0.0171. The normalized spacial score (nSPS) is 33.0. The lowest BCUT2D eigenvalue weighted by molar-refractivity contribution is -0.0684. The predicted octanol–water partition coefficient (Wildman–Crippen LogP) is 3.31. The molecule has 0 radical (unpaired) electrons. The molecule has 3 rings (SSSR count). The zero-order chi connectivity index (χ0) is 15.3. The van der Waals surface area contributed by atoms with E-state index in [0.29, 0.717) is 0 Å². The van der Waals surface area contributed by atoms with E-state index in [1.807, 2.05) is 11.8 Å². The molecule has 2 saturated heterocycles. The Morgan fingerprint density at radius 2 is 2.09 bits per heavy atom. The number of amides is 2. The Kier molecular flexibility index (Phi) is 5.91. The van der Waals surface area contributed by atoms with Gasteiger partial charge in [-0.3, -0.25) is 0 Å². The van der Waals surface area contributed by atoms with Crippen LogP contribution in [0.2, 0.25) is 0 Å². The molecule has 2 amide bonds. The highest BCUT2D eigenvalue weighted by atomic mass is 32.2. The second kappa shape index (κ2) is 7.91. The molecule has 0 aromatic heterocycles. The number of thioether (sulfide) groups is 1. The van der Waals surface area contributed by atoms with Crippen molar-refractivity contribution in [2.45, 2.75) is 69.4 Å². The first-order chi connectivity index (χ1) is 10.8. The lowest BCUT2D eigenvalue weighted by Gasteiger charge is -2.38. The summed E-state index contributed by atoms with van der Waals surface area (Å²) < 4.78 is 6.01. The molecule has 0 aromatic carbocycles. The zero-order valence-corrected chi connectivity index (χ0v) is 14.4. The summed E-state index contributed by atoms with van der Waals surface area (Å²) in [7, 11) is 0. The van der Waals surface area contributed by atoms with E-state index in [1.54, 1.807) is 0 Å².